The second kappa shape index (κ2) is 11.0. The Morgan fingerprint density at radius 1 is 1.13 bits per heavy atom. The minimum absolute atomic E-state index is 0.229. The van der Waals surface area contributed by atoms with E-state index in [0.717, 1.165) is 10.6 Å². The summed E-state index contributed by atoms with van der Waals surface area (Å²) in [6.45, 7) is 1.42. The normalized spacial score (nSPS) is 11.2. The smallest absolute Gasteiger partial charge is 0.260 e. The van der Waals surface area contributed by atoms with Gasteiger partial charge in [-0.15, -0.1) is 0 Å². The fraction of sp³-hybridized carbons (Fsp3) is 0.250. The number of rotatable bonds is 11. The summed E-state index contributed by atoms with van der Waals surface area (Å²) in [7, 11) is -3.75. The molecule has 0 spiro atoms. The first-order chi connectivity index (χ1) is 14.7. The van der Waals surface area contributed by atoms with Gasteiger partial charge in [0.1, 0.15) is 18.0 Å². The van der Waals surface area contributed by atoms with Crippen LogP contribution >= 0.6 is 0 Å². The SMILES string of the molecule is CCOc1ccccc1N(CC(=O)N/N=C\c1ccc(OCC(N)=O)cc1)S(C)(=O)=O. The highest BCUT2D eigenvalue weighted by atomic mass is 32.2. The van der Waals surface area contributed by atoms with Crippen molar-refractivity contribution in [3.63, 3.8) is 0 Å². The van der Waals surface area contributed by atoms with E-state index in [1.165, 1.54) is 6.21 Å². The lowest BCUT2D eigenvalue weighted by Crippen LogP contribution is -2.39. The molecule has 0 aliphatic heterocycles. The Morgan fingerprint density at radius 2 is 1.81 bits per heavy atom. The number of hydrogen-bond acceptors (Lipinski definition) is 7. The second-order valence-electron chi connectivity index (χ2n) is 6.29. The van der Waals surface area contributed by atoms with Crippen LogP contribution in [0.4, 0.5) is 5.69 Å². The molecule has 2 aromatic carbocycles. The maximum Gasteiger partial charge on any atom is 0.260 e. The van der Waals surface area contributed by atoms with Gasteiger partial charge in [0.2, 0.25) is 10.0 Å². The van der Waals surface area contributed by atoms with Crippen molar-refractivity contribution in [2.45, 2.75) is 6.92 Å². The van der Waals surface area contributed by atoms with E-state index in [0.29, 0.717) is 23.7 Å². The van der Waals surface area contributed by atoms with E-state index < -0.39 is 28.4 Å². The molecule has 0 aliphatic rings. The van der Waals surface area contributed by atoms with Crippen LogP contribution in [0.1, 0.15) is 12.5 Å². The number of nitrogens with two attached hydrogens (primary N) is 1. The van der Waals surface area contributed by atoms with E-state index >= 15 is 0 Å². The van der Waals surface area contributed by atoms with Gasteiger partial charge in [0.25, 0.3) is 11.8 Å². The highest BCUT2D eigenvalue weighted by Crippen LogP contribution is 2.29. The number of ether oxygens (including phenoxy) is 2. The molecular weight excluding hydrogens is 424 g/mol. The average molecular weight is 449 g/mol. The maximum atomic E-state index is 12.3. The molecular formula is C20H24N4O6S. The third-order valence-corrected chi connectivity index (χ3v) is 4.91. The van der Waals surface area contributed by atoms with E-state index in [-0.39, 0.29) is 12.3 Å². The van der Waals surface area contributed by atoms with Gasteiger partial charge in [-0.3, -0.25) is 13.9 Å². The molecule has 0 radical (unpaired) electrons. The van der Waals surface area contributed by atoms with Gasteiger partial charge in [-0.2, -0.15) is 5.10 Å². The first-order valence-electron chi connectivity index (χ1n) is 9.23. The van der Waals surface area contributed by atoms with Gasteiger partial charge in [-0.1, -0.05) is 12.1 Å². The van der Waals surface area contributed by atoms with Crippen molar-refractivity contribution in [1.29, 1.82) is 0 Å². The number of primary amides is 1. The van der Waals surface area contributed by atoms with Crippen molar-refractivity contribution in [3.05, 3.63) is 54.1 Å². The Hall–Kier alpha value is -3.60. The van der Waals surface area contributed by atoms with Crippen LogP contribution in [0.3, 0.4) is 0 Å². The van der Waals surface area contributed by atoms with Gasteiger partial charge < -0.3 is 15.2 Å². The van der Waals surface area contributed by atoms with Crippen molar-refractivity contribution in [2.24, 2.45) is 10.8 Å². The molecule has 0 heterocycles. The molecule has 31 heavy (non-hydrogen) atoms. The number of amides is 2. The van der Waals surface area contributed by atoms with Crippen molar-refractivity contribution in [2.75, 3.05) is 30.3 Å². The largest absolute Gasteiger partial charge is 0.492 e. The summed E-state index contributed by atoms with van der Waals surface area (Å²) in [6, 6.07) is 13.1. The zero-order valence-electron chi connectivity index (χ0n) is 17.1. The van der Waals surface area contributed by atoms with Gasteiger partial charge in [0.15, 0.2) is 6.61 Å². The van der Waals surface area contributed by atoms with E-state index in [9.17, 15) is 18.0 Å². The second-order valence-corrected chi connectivity index (χ2v) is 8.19. The summed E-state index contributed by atoms with van der Waals surface area (Å²) in [5.41, 5.74) is 8.22. The molecule has 0 saturated heterocycles. The number of para-hydroxylation sites is 2. The molecule has 0 aliphatic carbocycles. The van der Waals surface area contributed by atoms with Crippen molar-refractivity contribution in [3.8, 4) is 11.5 Å². The monoisotopic (exact) mass is 448 g/mol. The number of hydrogen-bond donors (Lipinski definition) is 2. The molecule has 0 atom stereocenters. The molecule has 2 amide bonds. The van der Waals surface area contributed by atoms with Crippen molar-refractivity contribution in [1.82, 2.24) is 5.43 Å². The summed E-state index contributed by atoms with van der Waals surface area (Å²) in [5, 5.41) is 3.84. The minimum atomic E-state index is -3.75. The Bertz CT molecular complexity index is 1040. The molecule has 11 heteroatoms. The van der Waals surface area contributed by atoms with Gasteiger partial charge in [0.05, 0.1) is 24.8 Å². The minimum Gasteiger partial charge on any atom is -0.492 e. The zero-order chi connectivity index (χ0) is 22.9. The number of nitrogens with zero attached hydrogens (tertiary/aromatic N) is 2. The number of carbonyl (C=O) groups excluding carboxylic acids is 2. The predicted octanol–water partition coefficient (Wildman–Crippen LogP) is 0.866. The molecule has 0 aromatic heterocycles. The van der Waals surface area contributed by atoms with Gasteiger partial charge in [-0.05, 0) is 48.9 Å². The molecule has 166 valence electrons. The molecule has 0 saturated carbocycles. The molecule has 10 nitrogen and oxygen atoms in total. The summed E-state index contributed by atoms with van der Waals surface area (Å²) in [4.78, 5) is 23.0. The molecule has 2 rings (SSSR count). The van der Waals surface area contributed by atoms with Gasteiger partial charge >= 0.3 is 0 Å². The highest BCUT2D eigenvalue weighted by molar-refractivity contribution is 7.92. The van der Waals surface area contributed by atoms with Crippen LogP contribution in [0.15, 0.2) is 53.6 Å². The fourth-order valence-electron chi connectivity index (χ4n) is 2.47. The van der Waals surface area contributed by atoms with Gasteiger partial charge in [-0.25, -0.2) is 13.8 Å². The summed E-state index contributed by atoms with van der Waals surface area (Å²) in [5.74, 6) is -0.406. The lowest BCUT2D eigenvalue weighted by molar-refractivity contribution is -0.120. The fourth-order valence-corrected chi connectivity index (χ4v) is 3.33. The molecule has 2 aromatic rings. The predicted molar refractivity (Wildman–Crippen MR) is 117 cm³/mol. The Morgan fingerprint density at radius 3 is 2.42 bits per heavy atom. The molecule has 0 fully saturated rings. The highest BCUT2D eigenvalue weighted by Gasteiger charge is 2.23. The Kier molecular flexibility index (Phi) is 8.38. The average Bonchev–Trinajstić information content (AvgIpc) is 2.71. The lowest BCUT2D eigenvalue weighted by atomic mass is 10.2. The van der Waals surface area contributed by atoms with Crippen LogP contribution in [0.25, 0.3) is 0 Å². The van der Waals surface area contributed by atoms with Crippen molar-refractivity contribution < 1.29 is 27.5 Å². The van der Waals surface area contributed by atoms with E-state index in [1.54, 1.807) is 55.5 Å². The van der Waals surface area contributed by atoms with Crippen LogP contribution in [0, 0.1) is 0 Å². The summed E-state index contributed by atoms with van der Waals surface area (Å²) >= 11 is 0. The number of anilines is 1. The van der Waals surface area contributed by atoms with Crippen LogP contribution in [-0.2, 0) is 19.6 Å². The topological polar surface area (TPSA) is 140 Å². The molecule has 3 N–H and O–H groups in total. The molecule has 0 bridgehead atoms. The first kappa shape index (κ1) is 23.7. The summed E-state index contributed by atoms with van der Waals surface area (Å²) in [6.07, 6.45) is 2.39. The van der Waals surface area contributed by atoms with Crippen molar-refractivity contribution >= 4 is 33.7 Å². The zero-order valence-corrected chi connectivity index (χ0v) is 18.0. The lowest BCUT2D eigenvalue weighted by Gasteiger charge is -2.23. The van der Waals surface area contributed by atoms with Crippen LogP contribution in [0.2, 0.25) is 0 Å². The standard InChI is InChI=1S/C20H24N4O6S/c1-3-29-18-7-5-4-6-17(18)24(31(2,27)28)13-20(26)23-22-12-15-8-10-16(11-9-15)30-14-19(21)25/h4-12H,3,13-14H2,1-2H3,(H2,21,25)(H,23,26)/b22-12-. The van der Waals surface area contributed by atoms with E-state index in [2.05, 4.69) is 10.5 Å². The molecule has 0 unspecified atom stereocenters. The first-order valence-corrected chi connectivity index (χ1v) is 11.1. The van der Waals surface area contributed by atoms with Gasteiger partial charge in [0, 0.05) is 0 Å². The Labute approximate surface area is 180 Å². The maximum absolute atomic E-state index is 12.3. The Balaban J connectivity index is 2.03. The number of sulfonamides is 1. The van der Waals surface area contributed by atoms with Crippen LogP contribution in [-0.4, -0.2) is 52.5 Å². The van der Waals surface area contributed by atoms with E-state index in [4.69, 9.17) is 15.2 Å². The number of carbonyl (C=O) groups is 2. The summed E-state index contributed by atoms with van der Waals surface area (Å²) < 4.78 is 36.1. The van der Waals surface area contributed by atoms with Crippen LogP contribution in [0.5, 0.6) is 11.5 Å². The quantitative estimate of drug-likeness (QED) is 0.386. The number of benzene rings is 2. The van der Waals surface area contributed by atoms with E-state index in [1.807, 2.05) is 0 Å². The third kappa shape index (κ3) is 7.63. The third-order valence-electron chi connectivity index (χ3n) is 3.79. The number of hydrazone groups is 1. The number of nitrogens with one attached hydrogen (secondary N) is 1. The van der Waals surface area contributed by atoms with Crippen LogP contribution < -0.4 is 24.9 Å².